The van der Waals surface area contributed by atoms with Crippen LogP contribution in [0.4, 0.5) is 0 Å². The number of aryl methyl sites for hydroxylation is 1. The summed E-state index contributed by atoms with van der Waals surface area (Å²) in [7, 11) is 0. The number of nitrogens with one attached hydrogen (secondary N) is 1. The molecule has 0 aliphatic carbocycles. The number of guanidine groups is 1. The lowest BCUT2D eigenvalue weighted by molar-refractivity contribution is 0.169. The quantitative estimate of drug-likeness (QED) is 0.294. The number of hydrogen-bond acceptors (Lipinski definition) is 4. The summed E-state index contributed by atoms with van der Waals surface area (Å²) < 4.78 is 5.16. The van der Waals surface area contributed by atoms with Crippen LogP contribution in [0.15, 0.2) is 15.6 Å². The van der Waals surface area contributed by atoms with E-state index in [2.05, 4.69) is 48.0 Å². The van der Waals surface area contributed by atoms with Gasteiger partial charge < -0.3 is 14.7 Å². The van der Waals surface area contributed by atoms with Crippen molar-refractivity contribution in [3.8, 4) is 0 Å². The Bertz CT molecular complexity index is 544. The van der Waals surface area contributed by atoms with Gasteiger partial charge in [0.05, 0.1) is 5.69 Å². The third kappa shape index (κ3) is 8.24. The molecule has 0 radical (unpaired) electrons. The average Bonchev–Trinajstić information content (AvgIpc) is 2.95. The molecule has 2 heterocycles. The summed E-state index contributed by atoms with van der Waals surface area (Å²) in [5.41, 5.74) is 1.41. The maximum atomic E-state index is 5.16. The van der Waals surface area contributed by atoms with Gasteiger partial charge in [-0.15, -0.1) is 24.0 Å². The van der Waals surface area contributed by atoms with Crippen LogP contribution in [0, 0.1) is 12.3 Å². The second kappa shape index (κ2) is 11.1. The number of nitrogens with zero attached hydrogens (tertiary/aromatic N) is 4. The molecule has 1 aromatic heterocycles. The smallest absolute Gasteiger partial charge is 0.194 e. The lowest BCUT2D eigenvalue weighted by Gasteiger charge is -2.36. The van der Waals surface area contributed by atoms with Crippen molar-refractivity contribution in [2.45, 2.75) is 54.0 Å². The van der Waals surface area contributed by atoms with Gasteiger partial charge in [0.25, 0.3) is 0 Å². The van der Waals surface area contributed by atoms with Crippen molar-refractivity contribution in [1.29, 1.82) is 0 Å². The Morgan fingerprint density at radius 1 is 1.27 bits per heavy atom. The zero-order chi connectivity index (χ0) is 18.3. The predicted octanol–water partition coefficient (Wildman–Crippen LogP) is 3.51. The van der Waals surface area contributed by atoms with Crippen LogP contribution in [0.3, 0.4) is 0 Å². The predicted molar refractivity (Wildman–Crippen MR) is 118 cm³/mol. The molecule has 2 rings (SSSR count). The van der Waals surface area contributed by atoms with E-state index in [-0.39, 0.29) is 24.0 Å². The first-order valence-electron chi connectivity index (χ1n) is 9.55. The second-order valence-electron chi connectivity index (χ2n) is 8.09. The fraction of sp³-hybridized carbons (Fsp3) is 0.789. The minimum Gasteiger partial charge on any atom is -0.361 e. The van der Waals surface area contributed by atoms with Crippen molar-refractivity contribution in [2.24, 2.45) is 10.4 Å². The molecule has 1 aromatic rings. The van der Waals surface area contributed by atoms with Gasteiger partial charge >= 0.3 is 0 Å². The van der Waals surface area contributed by atoms with E-state index in [1.54, 1.807) is 0 Å². The van der Waals surface area contributed by atoms with E-state index in [1.165, 1.54) is 6.42 Å². The minimum atomic E-state index is 0. The summed E-state index contributed by atoms with van der Waals surface area (Å²) in [6.07, 6.45) is 2.35. The van der Waals surface area contributed by atoms with Gasteiger partial charge in [-0.3, -0.25) is 9.89 Å². The first-order chi connectivity index (χ1) is 11.9. The summed E-state index contributed by atoms with van der Waals surface area (Å²) in [4.78, 5) is 9.65. The van der Waals surface area contributed by atoms with Crippen LogP contribution in [-0.4, -0.2) is 60.2 Å². The van der Waals surface area contributed by atoms with Crippen molar-refractivity contribution < 1.29 is 4.52 Å². The zero-order valence-electron chi connectivity index (χ0n) is 17.0. The monoisotopic (exact) mass is 477 g/mol. The van der Waals surface area contributed by atoms with E-state index in [0.717, 1.165) is 69.6 Å². The van der Waals surface area contributed by atoms with E-state index in [4.69, 9.17) is 9.52 Å². The number of rotatable bonds is 6. The molecule has 0 unspecified atom stereocenters. The number of piperazine rings is 1. The van der Waals surface area contributed by atoms with E-state index in [0.29, 0.717) is 5.41 Å². The highest BCUT2D eigenvalue weighted by Gasteiger charge is 2.20. The molecule has 0 atom stereocenters. The average molecular weight is 477 g/mol. The number of halogens is 1. The molecule has 1 N–H and O–H groups in total. The highest BCUT2D eigenvalue weighted by atomic mass is 127. The molecule has 1 saturated heterocycles. The van der Waals surface area contributed by atoms with Crippen molar-refractivity contribution in [3.05, 3.63) is 17.5 Å². The van der Waals surface area contributed by atoms with Crippen LogP contribution in [0.25, 0.3) is 0 Å². The first-order valence-corrected chi connectivity index (χ1v) is 9.55. The SMILES string of the molecule is CCNC(=NCCCC(C)(C)C)N1CCN(Cc2cc(C)on2)CC1.I. The molecular formula is C19H36IN5O. The van der Waals surface area contributed by atoms with Crippen molar-refractivity contribution in [2.75, 3.05) is 39.3 Å². The van der Waals surface area contributed by atoms with E-state index in [9.17, 15) is 0 Å². The zero-order valence-corrected chi connectivity index (χ0v) is 19.4. The highest BCUT2D eigenvalue weighted by Crippen LogP contribution is 2.20. The van der Waals surface area contributed by atoms with Crippen LogP contribution in [0.1, 0.15) is 52.0 Å². The van der Waals surface area contributed by atoms with Gasteiger partial charge in [-0.25, -0.2) is 0 Å². The van der Waals surface area contributed by atoms with E-state index < -0.39 is 0 Å². The van der Waals surface area contributed by atoms with Crippen LogP contribution in [0.2, 0.25) is 0 Å². The van der Waals surface area contributed by atoms with Crippen molar-refractivity contribution in [3.63, 3.8) is 0 Å². The van der Waals surface area contributed by atoms with Crippen LogP contribution >= 0.6 is 24.0 Å². The van der Waals surface area contributed by atoms with Crippen molar-refractivity contribution >= 4 is 29.9 Å². The second-order valence-corrected chi connectivity index (χ2v) is 8.09. The lowest BCUT2D eigenvalue weighted by atomic mass is 9.91. The Hall–Kier alpha value is -0.830. The van der Waals surface area contributed by atoms with Gasteiger partial charge in [-0.1, -0.05) is 25.9 Å². The van der Waals surface area contributed by atoms with E-state index in [1.807, 2.05) is 13.0 Å². The van der Waals surface area contributed by atoms with Gasteiger partial charge in [0, 0.05) is 51.9 Å². The maximum absolute atomic E-state index is 5.16. The maximum Gasteiger partial charge on any atom is 0.194 e. The molecule has 6 nitrogen and oxygen atoms in total. The molecule has 0 aromatic carbocycles. The minimum absolute atomic E-state index is 0. The van der Waals surface area contributed by atoms with E-state index >= 15 is 0 Å². The summed E-state index contributed by atoms with van der Waals surface area (Å²) in [5, 5.41) is 7.54. The fourth-order valence-electron chi connectivity index (χ4n) is 3.06. The Morgan fingerprint density at radius 2 is 1.96 bits per heavy atom. The molecule has 26 heavy (non-hydrogen) atoms. The third-order valence-corrected chi connectivity index (χ3v) is 4.42. The molecule has 150 valence electrons. The number of aliphatic imine (C=N–C) groups is 1. The summed E-state index contributed by atoms with van der Waals surface area (Å²) in [5.74, 6) is 1.94. The molecule has 0 amide bonds. The van der Waals surface area contributed by atoms with Gasteiger partial charge in [0.2, 0.25) is 0 Å². The molecule has 7 heteroatoms. The van der Waals surface area contributed by atoms with Gasteiger partial charge in [0.1, 0.15) is 5.76 Å². The number of aromatic nitrogens is 1. The summed E-state index contributed by atoms with van der Waals surface area (Å²) in [6, 6.07) is 2.02. The molecule has 1 aliphatic rings. The Morgan fingerprint density at radius 3 is 2.50 bits per heavy atom. The summed E-state index contributed by atoms with van der Waals surface area (Å²) >= 11 is 0. The lowest BCUT2D eigenvalue weighted by Crippen LogP contribution is -2.52. The topological polar surface area (TPSA) is 56.9 Å². The fourth-order valence-corrected chi connectivity index (χ4v) is 3.06. The third-order valence-electron chi connectivity index (χ3n) is 4.42. The van der Waals surface area contributed by atoms with Crippen LogP contribution < -0.4 is 5.32 Å². The van der Waals surface area contributed by atoms with Crippen LogP contribution in [-0.2, 0) is 6.54 Å². The largest absolute Gasteiger partial charge is 0.361 e. The molecule has 0 saturated carbocycles. The summed E-state index contributed by atoms with van der Waals surface area (Å²) in [6.45, 7) is 17.7. The Labute approximate surface area is 175 Å². The molecule has 1 aliphatic heterocycles. The Kier molecular flexibility index (Phi) is 9.92. The molecule has 0 bridgehead atoms. The van der Waals surface area contributed by atoms with Gasteiger partial charge in [-0.2, -0.15) is 0 Å². The first kappa shape index (κ1) is 23.2. The van der Waals surface area contributed by atoms with Gasteiger partial charge in [-0.05, 0) is 32.1 Å². The highest BCUT2D eigenvalue weighted by molar-refractivity contribution is 14.0. The molecule has 0 spiro atoms. The standard InChI is InChI=1S/C19H35N5O.HI/c1-6-20-18(21-9-7-8-19(3,4)5)24-12-10-23(11-13-24)15-17-14-16(2)25-22-17;/h14H,6-13,15H2,1-5H3,(H,20,21);1H. The van der Waals surface area contributed by atoms with Gasteiger partial charge in [0.15, 0.2) is 5.96 Å². The van der Waals surface area contributed by atoms with Crippen LogP contribution in [0.5, 0.6) is 0 Å². The molecule has 1 fully saturated rings. The molecular weight excluding hydrogens is 441 g/mol. The van der Waals surface area contributed by atoms with Crippen molar-refractivity contribution in [1.82, 2.24) is 20.3 Å². The Balaban J connectivity index is 0.00000338. The number of hydrogen-bond donors (Lipinski definition) is 1. The normalized spacial score (nSPS) is 16.5.